The molecule has 0 spiro atoms. The second-order valence-electron chi connectivity index (χ2n) is 11.5. The number of anilines is 4. The molecule has 1 saturated carbocycles. The van der Waals surface area contributed by atoms with Crippen molar-refractivity contribution in [2.24, 2.45) is 0 Å². The minimum atomic E-state index is -0.782. The molecule has 1 aliphatic carbocycles. The molecule has 0 amide bonds. The van der Waals surface area contributed by atoms with Crippen molar-refractivity contribution in [3.05, 3.63) is 34.6 Å². The molecule has 40 heavy (non-hydrogen) atoms. The summed E-state index contributed by atoms with van der Waals surface area (Å²) >= 11 is 6.94. The van der Waals surface area contributed by atoms with Crippen molar-refractivity contribution in [1.82, 2.24) is 24.5 Å². The smallest absolute Gasteiger partial charge is 0.247 e. The lowest BCUT2D eigenvalue weighted by molar-refractivity contribution is -0.167. The third-order valence-corrected chi connectivity index (χ3v) is 8.02. The lowest BCUT2D eigenvalue weighted by atomic mass is 9.82. The first-order valence-corrected chi connectivity index (χ1v) is 13.8. The summed E-state index contributed by atoms with van der Waals surface area (Å²) in [6.07, 6.45) is 4.20. The normalized spacial score (nSPS) is 19.1. The summed E-state index contributed by atoms with van der Waals surface area (Å²) in [4.78, 5) is 13.5. The molecular weight excluding hydrogens is 532 g/mol. The van der Waals surface area contributed by atoms with Gasteiger partial charge in [0.25, 0.3) is 0 Å². The van der Waals surface area contributed by atoms with Crippen LogP contribution in [0.4, 0.5) is 23.1 Å². The molecule has 2 saturated heterocycles. The Morgan fingerprint density at radius 2 is 1.93 bits per heavy atom. The fraction of sp³-hybridized carbons (Fsp3) is 0.519. The lowest BCUT2D eigenvalue weighted by Crippen LogP contribution is -2.68. The van der Waals surface area contributed by atoms with Crippen molar-refractivity contribution < 1.29 is 9.84 Å². The monoisotopic (exact) mass is 562 g/mol. The fourth-order valence-electron chi connectivity index (χ4n) is 5.60. The summed E-state index contributed by atoms with van der Waals surface area (Å²) in [5.74, 6) is 0.766. The average Bonchev–Trinajstić information content (AvgIpc) is 3.63. The van der Waals surface area contributed by atoms with Crippen LogP contribution in [-0.4, -0.2) is 86.2 Å². The van der Waals surface area contributed by atoms with Gasteiger partial charge in [0.15, 0.2) is 17.2 Å². The molecule has 2 aliphatic heterocycles. The Hall–Kier alpha value is -3.68. The number of nitriles is 2. The summed E-state index contributed by atoms with van der Waals surface area (Å²) in [6.45, 7) is 7.88. The van der Waals surface area contributed by atoms with Gasteiger partial charge in [0.2, 0.25) is 5.95 Å². The topological polar surface area (TPSA) is 151 Å². The lowest BCUT2D eigenvalue weighted by Gasteiger charge is -2.54. The number of imidazole rings is 1. The number of hydrogen-bond donors (Lipinski definition) is 3. The van der Waals surface area contributed by atoms with Crippen molar-refractivity contribution in [2.75, 3.05) is 54.9 Å². The van der Waals surface area contributed by atoms with E-state index in [4.69, 9.17) is 16.3 Å². The summed E-state index contributed by atoms with van der Waals surface area (Å²) in [5, 5.41) is 41.3. The number of aromatic nitrogens is 4. The van der Waals surface area contributed by atoms with Crippen LogP contribution in [-0.2, 0) is 4.74 Å². The first kappa shape index (κ1) is 26.5. The van der Waals surface area contributed by atoms with Gasteiger partial charge in [0, 0.05) is 32.2 Å². The van der Waals surface area contributed by atoms with E-state index in [2.05, 4.69) is 47.6 Å². The number of nitrogens with zero attached hydrogens (tertiary/aromatic N) is 8. The van der Waals surface area contributed by atoms with E-state index in [0.29, 0.717) is 66.5 Å². The minimum Gasteiger partial charge on any atom is -0.390 e. The zero-order valence-electron chi connectivity index (χ0n) is 22.5. The van der Waals surface area contributed by atoms with Crippen LogP contribution in [0.15, 0.2) is 18.3 Å². The molecule has 3 N–H and O–H groups in total. The highest BCUT2D eigenvalue weighted by Gasteiger charge is 2.47. The van der Waals surface area contributed by atoms with Gasteiger partial charge in [-0.2, -0.15) is 20.0 Å². The summed E-state index contributed by atoms with van der Waals surface area (Å²) < 4.78 is 7.02. The minimum absolute atomic E-state index is 0.160. The highest BCUT2D eigenvalue weighted by Crippen LogP contribution is 2.39. The number of rotatable bonds is 8. The van der Waals surface area contributed by atoms with Gasteiger partial charge in [-0.15, -0.1) is 5.10 Å². The first-order chi connectivity index (χ1) is 19.2. The van der Waals surface area contributed by atoms with Crippen LogP contribution >= 0.6 is 11.6 Å². The highest BCUT2D eigenvalue weighted by atomic mass is 35.5. The van der Waals surface area contributed by atoms with E-state index in [9.17, 15) is 15.6 Å². The van der Waals surface area contributed by atoms with Crippen LogP contribution in [0.25, 0.3) is 5.65 Å². The zero-order chi connectivity index (χ0) is 28.1. The molecule has 3 fully saturated rings. The quantitative estimate of drug-likeness (QED) is 0.371. The molecule has 0 bridgehead atoms. The summed E-state index contributed by atoms with van der Waals surface area (Å²) in [7, 11) is 0. The Kier molecular flexibility index (Phi) is 6.67. The Balaban J connectivity index is 1.26. The van der Waals surface area contributed by atoms with Crippen molar-refractivity contribution in [3.8, 4) is 12.1 Å². The molecule has 2 aromatic heterocycles. The van der Waals surface area contributed by atoms with Gasteiger partial charge < -0.3 is 25.4 Å². The second kappa shape index (κ2) is 10.1. The first-order valence-electron chi connectivity index (χ1n) is 13.4. The SMILES string of the molecule is CC(C)(O)CC1(N2CCN(c3cc(C#N)cc(Nc4nc(NC5CC5)c5ncc(C#N)n5n4)c3Cl)CC2)COC1. The van der Waals surface area contributed by atoms with Gasteiger partial charge in [-0.1, -0.05) is 11.6 Å². The van der Waals surface area contributed by atoms with Crippen LogP contribution in [0.2, 0.25) is 5.02 Å². The fourth-order valence-corrected chi connectivity index (χ4v) is 5.88. The highest BCUT2D eigenvalue weighted by molar-refractivity contribution is 6.36. The number of halogens is 1. The second-order valence-corrected chi connectivity index (χ2v) is 11.8. The number of benzene rings is 1. The third kappa shape index (κ3) is 5.11. The number of fused-ring (bicyclic) bond motifs is 1. The van der Waals surface area contributed by atoms with E-state index < -0.39 is 5.60 Å². The van der Waals surface area contributed by atoms with Gasteiger partial charge in [-0.25, -0.2) is 4.98 Å². The number of nitrogens with one attached hydrogen (secondary N) is 2. The van der Waals surface area contributed by atoms with E-state index in [1.165, 1.54) is 10.7 Å². The Labute approximate surface area is 237 Å². The number of piperazine rings is 1. The maximum atomic E-state index is 10.5. The Morgan fingerprint density at radius 1 is 1.18 bits per heavy atom. The van der Waals surface area contributed by atoms with Crippen LogP contribution in [0.3, 0.4) is 0 Å². The summed E-state index contributed by atoms with van der Waals surface area (Å²) in [5.41, 5.74) is 1.52. The number of hydrogen-bond acceptors (Lipinski definition) is 11. The maximum Gasteiger partial charge on any atom is 0.247 e. The van der Waals surface area contributed by atoms with Gasteiger partial charge in [-0.05, 0) is 45.2 Å². The maximum absolute atomic E-state index is 10.5. The predicted molar refractivity (Wildman–Crippen MR) is 150 cm³/mol. The van der Waals surface area contributed by atoms with Gasteiger partial charge in [0.1, 0.15) is 6.07 Å². The molecule has 3 aromatic rings. The number of aliphatic hydroxyl groups is 1. The average molecular weight is 563 g/mol. The van der Waals surface area contributed by atoms with Crippen molar-refractivity contribution >= 4 is 40.4 Å². The van der Waals surface area contributed by atoms with Gasteiger partial charge >= 0.3 is 0 Å². The van der Waals surface area contributed by atoms with Crippen LogP contribution in [0.1, 0.15) is 44.4 Å². The molecule has 3 aliphatic rings. The van der Waals surface area contributed by atoms with Gasteiger partial charge in [0.05, 0.1) is 58.6 Å². The molecule has 6 rings (SSSR count). The number of ether oxygens (including phenoxy) is 1. The molecular formula is C27H31ClN10O2. The Bertz CT molecular complexity index is 1520. The molecule has 0 atom stereocenters. The van der Waals surface area contributed by atoms with Crippen molar-refractivity contribution in [2.45, 2.75) is 50.3 Å². The van der Waals surface area contributed by atoms with E-state index in [-0.39, 0.29) is 17.2 Å². The van der Waals surface area contributed by atoms with E-state index in [0.717, 1.165) is 31.6 Å². The molecule has 13 heteroatoms. The van der Waals surface area contributed by atoms with E-state index in [1.54, 1.807) is 12.1 Å². The summed E-state index contributed by atoms with van der Waals surface area (Å²) in [6, 6.07) is 8.13. The molecule has 1 aromatic carbocycles. The molecule has 12 nitrogen and oxygen atoms in total. The van der Waals surface area contributed by atoms with E-state index >= 15 is 0 Å². The molecule has 0 unspecified atom stereocenters. The Morgan fingerprint density at radius 3 is 2.52 bits per heavy atom. The molecule has 4 heterocycles. The van der Waals surface area contributed by atoms with E-state index in [1.807, 2.05) is 13.8 Å². The zero-order valence-corrected chi connectivity index (χ0v) is 23.2. The van der Waals surface area contributed by atoms with Crippen molar-refractivity contribution in [1.29, 1.82) is 10.5 Å². The van der Waals surface area contributed by atoms with Crippen LogP contribution < -0.4 is 15.5 Å². The van der Waals surface area contributed by atoms with Crippen LogP contribution in [0, 0.1) is 22.7 Å². The molecule has 0 radical (unpaired) electrons. The molecule has 208 valence electrons. The largest absolute Gasteiger partial charge is 0.390 e. The van der Waals surface area contributed by atoms with Crippen LogP contribution in [0.5, 0.6) is 0 Å². The predicted octanol–water partition coefficient (Wildman–Crippen LogP) is 2.89. The third-order valence-electron chi connectivity index (χ3n) is 7.62. The van der Waals surface area contributed by atoms with Gasteiger partial charge in [-0.3, -0.25) is 4.90 Å². The standard InChI is InChI=1S/C27H31ClN10O2/c1-26(2,39)14-27(15-40-16-27)37-7-5-36(6-8-37)21-10-17(11-29)9-20(22(21)28)33-25-34-23(32-18-3-4-18)24-31-13-19(12-30)38(24)35-25/h9-10,13,18,39H,3-8,14-16H2,1-2H3,(H2,32,33,34,35). The van der Waals surface area contributed by atoms with Crippen molar-refractivity contribution in [3.63, 3.8) is 0 Å².